The number of hydrogen-bond donors (Lipinski definition) is 1. The first-order valence-corrected chi connectivity index (χ1v) is 12.7. The van der Waals surface area contributed by atoms with Gasteiger partial charge in [-0.05, 0) is 91.4 Å². The third-order valence-electron chi connectivity index (χ3n) is 6.65. The topological polar surface area (TPSA) is 42.3 Å². The molecule has 3 aromatic carbocycles. The molecule has 0 spiro atoms. The first-order chi connectivity index (χ1) is 18.2. The molecule has 1 fully saturated rings. The molecule has 6 rings (SSSR count). The van der Waals surface area contributed by atoms with Crippen LogP contribution in [-0.4, -0.2) is 14.7 Å². The second kappa shape index (κ2) is 9.91. The Labute approximate surface area is 222 Å². The zero-order chi connectivity index (χ0) is 25.2. The van der Waals surface area contributed by atoms with Crippen molar-refractivity contribution in [3.63, 3.8) is 0 Å². The molecule has 5 nitrogen and oxygen atoms in total. The van der Waals surface area contributed by atoms with Crippen LogP contribution in [0.25, 0.3) is 5.69 Å². The molecule has 1 aliphatic rings. The van der Waals surface area contributed by atoms with E-state index in [4.69, 9.17) is 17.0 Å². The Morgan fingerprint density at radius 3 is 2.30 bits per heavy atom. The lowest BCUT2D eigenvalue weighted by molar-refractivity contribution is 0.479. The third kappa shape index (κ3) is 4.47. The van der Waals surface area contributed by atoms with E-state index in [1.165, 1.54) is 0 Å². The second-order valence-electron chi connectivity index (χ2n) is 9.00. The second-order valence-corrected chi connectivity index (χ2v) is 9.38. The van der Waals surface area contributed by atoms with Crippen LogP contribution in [0.5, 0.6) is 11.5 Å². The fourth-order valence-corrected chi connectivity index (χ4v) is 5.21. The summed E-state index contributed by atoms with van der Waals surface area (Å²) in [6.45, 7) is 2.04. The summed E-state index contributed by atoms with van der Waals surface area (Å²) >= 11 is 5.91. The number of nitrogens with zero attached hydrogens (tertiary/aromatic N) is 3. The number of hydrogen-bond acceptors (Lipinski definition) is 3. The Hall–Kier alpha value is -4.42. The number of pyridine rings is 1. The Balaban J connectivity index is 1.39. The summed E-state index contributed by atoms with van der Waals surface area (Å²) < 4.78 is 8.36. The van der Waals surface area contributed by atoms with Gasteiger partial charge in [0.25, 0.3) is 0 Å². The molecule has 0 amide bonds. The van der Waals surface area contributed by atoms with Crippen LogP contribution < -0.4 is 15.0 Å². The van der Waals surface area contributed by atoms with Crippen molar-refractivity contribution < 1.29 is 4.74 Å². The molecule has 0 saturated carbocycles. The van der Waals surface area contributed by atoms with Gasteiger partial charge in [0.05, 0.1) is 11.7 Å². The van der Waals surface area contributed by atoms with E-state index in [0.29, 0.717) is 5.11 Å². The van der Waals surface area contributed by atoms with Gasteiger partial charge in [0, 0.05) is 29.5 Å². The van der Waals surface area contributed by atoms with Gasteiger partial charge < -0.3 is 19.5 Å². The molecule has 37 heavy (non-hydrogen) atoms. The molecule has 0 unspecified atom stereocenters. The molecule has 0 bridgehead atoms. The highest BCUT2D eigenvalue weighted by Crippen LogP contribution is 2.42. The van der Waals surface area contributed by atoms with Crippen LogP contribution in [0, 0.1) is 6.92 Å². The van der Waals surface area contributed by atoms with Gasteiger partial charge in [-0.15, -0.1) is 0 Å². The molecule has 6 heteroatoms. The zero-order valence-corrected chi connectivity index (χ0v) is 21.2. The molecule has 0 radical (unpaired) electrons. The van der Waals surface area contributed by atoms with Crippen molar-refractivity contribution in [1.82, 2.24) is 14.9 Å². The molecule has 2 atom stereocenters. The Morgan fingerprint density at radius 2 is 1.54 bits per heavy atom. The molecular weight excluding hydrogens is 476 g/mol. The molecule has 0 aliphatic carbocycles. The Morgan fingerprint density at radius 1 is 0.784 bits per heavy atom. The van der Waals surface area contributed by atoms with Crippen LogP contribution in [0.4, 0.5) is 5.69 Å². The van der Waals surface area contributed by atoms with E-state index in [-0.39, 0.29) is 12.1 Å². The van der Waals surface area contributed by atoms with Gasteiger partial charge in [-0.1, -0.05) is 42.5 Å². The van der Waals surface area contributed by atoms with Crippen LogP contribution in [0.15, 0.2) is 122 Å². The van der Waals surface area contributed by atoms with E-state index in [1.54, 1.807) is 0 Å². The maximum absolute atomic E-state index is 6.14. The monoisotopic (exact) mass is 502 g/mol. The van der Waals surface area contributed by atoms with Crippen molar-refractivity contribution in [3.05, 3.63) is 139 Å². The quantitative estimate of drug-likeness (QED) is 0.250. The van der Waals surface area contributed by atoms with Crippen molar-refractivity contribution >= 4 is 23.0 Å². The Bertz CT molecular complexity index is 1520. The highest BCUT2D eigenvalue weighted by molar-refractivity contribution is 7.80. The van der Waals surface area contributed by atoms with Crippen LogP contribution in [0.1, 0.15) is 29.0 Å². The number of rotatable bonds is 6. The molecule has 182 valence electrons. The lowest BCUT2D eigenvalue weighted by Crippen LogP contribution is -2.30. The number of nitrogens with one attached hydrogen (secondary N) is 1. The van der Waals surface area contributed by atoms with Gasteiger partial charge in [-0.3, -0.25) is 4.98 Å². The predicted octanol–water partition coefficient (Wildman–Crippen LogP) is 7.15. The van der Waals surface area contributed by atoms with E-state index < -0.39 is 0 Å². The fraction of sp³-hybridized carbons (Fsp3) is 0.0968. The zero-order valence-electron chi connectivity index (χ0n) is 20.4. The maximum Gasteiger partial charge on any atom is 0.174 e. The summed E-state index contributed by atoms with van der Waals surface area (Å²) in [5.41, 5.74) is 5.24. The number of ether oxygens (including phenoxy) is 1. The number of thiocarbonyl (C=S) groups is 1. The van der Waals surface area contributed by atoms with Crippen molar-refractivity contribution in [3.8, 4) is 17.2 Å². The largest absolute Gasteiger partial charge is 0.457 e. The van der Waals surface area contributed by atoms with Crippen molar-refractivity contribution in [1.29, 1.82) is 0 Å². The number of benzene rings is 3. The minimum Gasteiger partial charge on any atom is -0.457 e. The molecule has 3 heterocycles. The smallest absolute Gasteiger partial charge is 0.174 e. The molecule has 5 aromatic rings. The fourth-order valence-electron chi connectivity index (χ4n) is 4.86. The molecular formula is C31H26N4OS. The summed E-state index contributed by atoms with van der Waals surface area (Å²) in [4.78, 5) is 6.86. The predicted molar refractivity (Wildman–Crippen MR) is 151 cm³/mol. The van der Waals surface area contributed by atoms with Gasteiger partial charge in [0.1, 0.15) is 17.5 Å². The minimum atomic E-state index is -0.117. The average Bonchev–Trinajstić information content (AvgIpc) is 3.56. The van der Waals surface area contributed by atoms with Crippen LogP contribution in [0.3, 0.4) is 0 Å². The minimum absolute atomic E-state index is 0.110. The first kappa shape index (κ1) is 23.0. The van der Waals surface area contributed by atoms with Gasteiger partial charge in [-0.25, -0.2) is 0 Å². The summed E-state index contributed by atoms with van der Waals surface area (Å²) in [6.07, 6.45) is 3.92. The van der Waals surface area contributed by atoms with E-state index in [1.807, 2.05) is 73.8 Å². The lowest BCUT2D eigenvalue weighted by Gasteiger charge is -2.29. The molecule has 1 aliphatic heterocycles. The summed E-state index contributed by atoms with van der Waals surface area (Å²) in [7, 11) is 0. The summed E-state index contributed by atoms with van der Waals surface area (Å²) in [5.74, 6) is 1.63. The summed E-state index contributed by atoms with van der Waals surface area (Å²) in [6, 6.07) is 36.5. The van der Waals surface area contributed by atoms with Crippen molar-refractivity contribution in [2.45, 2.75) is 19.0 Å². The number of aryl methyl sites for hydroxylation is 1. The van der Waals surface area contributed by atoms with Gasteiger partial charge in [-0.2, -0.15) is 0 Å². The third-order valence-corrected chi connectivity index (χ3v) is 6.97. The van der Waals surface area contributed by atoms with Crippen molar-refractivity contribution in [2.24, 2.45) is 0 Å². The molecule has 1 saturated heterocycles. The highest BCUT2D eigenvalue weighted by atomic mass is 32.1. The molecule has 2 aromatic heterocycles. The first-order valence-electron chi connectivity index (χ1n) is 12.3. The SMILES string of the molecule is Cc1ccccc1Oc1ccc(N2C(=S)N[C@H](c3ccccn3)[C@H]2c2cccn2-c2ccccc2)cc1. The number of para-hydroxylation sites is 2. The van der Waals surface area contributed by atoms with Gasteiger partial charge in [0.2, 0.25) is 0 Å². The van der Waals surface area contributed by atoms with E-state index in [9.17, 15) is 0 Å². The van der Waals surface area contributed by atoms with Crippen molar-refractivity contribution in [2.75, 3.05) is 4.90 Å². The highest BCUT2D eigenvalue weighted by Gasteiger charge is 2.42. The van der Waals surface area contributed by atoms with Gasteiger partial charge in [0.15, 0.2) is 5.11 Å². The van der Waals surface area contributed by atoms with Crippen LogP contribution in [-0.2, 0) is 0 Å². The standard InChI is InChI=1S/C31H26N4OS/c1-22-10-5-6-15-28(22)36-25-18-16-24(17-19-25)35-30(29(33-31(35)37)26-13-7-8-20-32-26)27-14-9-21-34(27)23-11-3-2-4-12-23/h2-21,29-30H,1H3,(H,33,37)/t29-,30-/m1/s1. The van der Waals surface area contributed by atoms with Gasteiger partial charge >= 0.3 is 0 Å². The van der Waals surface area contributed by atoms with E-state index >= 15 is 0 Å². The van der Waals surface area contributed by atoms with Crippen LogP contribution in [0.2, 0.25) is 0 Å². The number of anilines is 1. The van der Waals surface area contributed by atoms with E-state index in [0.717, 1.165) is 39.8 Å². The maximum atomic E-state index is 6.14. The lowest BCUT2D eigenvalue weighted by atomic mass is 10.0. The van der Waals surface area contributed by atoms with E-state index in [2.05, 4.69) is 74.5 Å². The molecule has 1 N–H and O–H groups in total. The average molecular weight is 503 g/mol. The van der Waals surface area contributed by atoms with Crippen LogP contribution >= 0.6 is 12.2 Å². The Kier molecular flexibility index (Phi) is 6.16. The number of aromatic nitrogens is 2. The normalized spacial score (nSPS) is 17.0. The summed E-state index contributed by atoms with van der Waals surface area (Å²) in [5, 5.41) is 4.21.